The molecule has 0 saturated heterocycles. The van der Waals surface area contributed by atoms with Crippen LogP contribution in [0.1, 0.15) is 38.2 Å². The molecule has 4 rings (SSSR count). The van der Waals surface area contributed by atoms with Crippen LogP contribution >= 0.6 is 0 Å². The molecule has 1 saturated carbocycles. The number of hydrogen-bond donors (Lipinski definition) is 0. The van der Waals surface area contributed by atoms with E-state index in [1.807, 2.05) is 0 Å². The second-order valence-electron chi connectivity index (χ2n) is 10.5. The van der Waals surface area contributed by atoms with Crippen LogP contribution in [0, 0.1) is 41.2 Å². The zero-order chi connectivity index (χ0) is 29.7. The molecule has 8 atom stereocenters. The van der Waals surface area contributed by atoms with Crippen LogP contribution in [0.5, 0.6) is 5.75 Å². The van der Waals surface area contributed by atoms with Gasteiger partial charge in [-0.25, -0.2) is 30.7 Å². The summed E-state index contributed by atoms with van der Waals surface area (Å²) in [7, 11) is 0. The molecule has 0 aromatic heterocycles. The summed E-state index contributed by atoms with van der Waals surface area (Å²) in [5, 5.41) is 0. The highest BCUT2D eigenvalue weighted by Crippen LogP contribution is 2.49. The first-order chi connectivity index (χ1) is 18.5. The van der Waals surface area contributed by atoms with E-state index in [1.165, 1.54) is 6.08 Å². The number of hydrogen-bond acceptors (Lipinski definition) is 1. The Bertz CT molecular complexity index is 1170. The van der Waals surface area contributed by atoms with Gasteiger partial charge in [-0.3, -0.25) is 0 Å². The van der Waals surface area contributed by atoms with Crippen molar-refractivity contribution < 1.29 is 57.4 Å². The maximum absolute atomic E-state index is 15.1. The van der Waals surface area contributed by atoms with Crippen molar-refractivity contribution in [3.05, 3.63) is 64.8 Å². The summed E-state index contributed by atoms with van der Waals surface area (Å²) in [6.45, 7) is 1.80. The van der Waals surface area contributed by atoms with Crippen molar-refractivity contribution in [3.8, 4) is 5.75 Å². The van der Waals surface area contributed by atoms with Crippen molar-refractivity contribution in [3.63, 3.8) is 0 Å². The normalized spacial score (nSPS) is 33.7. The van der Waals surface area contributed by atoms with Gasteiger partial charge in [0.1, 0.15) is 53.2 Å². The van der Waals surface area contributed by atoms with Gasteiger partial charge in [0.25, 0.3) is 0 Å². The van der Waals surface area contributed by atoms with Gasteiger partial charge in [0.05, 0.1) is 5.83 Å². The number of rotatable bonds is 5. The highest BCUT2D eigenvalue weighted by molar-refractivity contribution is 5.36. The van der Waals surface area contributed by atoms with Gasteiger partial charge in [-0.1, -0.05) is 6.92 Å². The Morgan fingerprint density at radius 2 is 1.38 bits per heavy atom. The topological polar surface area (TPSA) is 9.23 Å². The van der Waals surface area contributed by atoms with E-state index in [-0.39, 0.29) is 30.9 Å². The average molecular weight is 592 g/mol. The third-order valence-corrected chi connectivity index (χ3v) is 7.71. The Morgan fingerprint density at radius 3 is 1.88 bits per heavy atom. The fourth-order valence-electron chi connectivity index (χ4n) is 5.84. The van der Waals surface area contributed by atoms with E-state index in [0.717, 1.165) is 0 Å². The first-order valence-electron chi connectivity index (χ1n) is 12.5. The van der Waals surface area contributed by atoms with Gasteiger partial charge in [-0.05, 0) is 61.3 Å². The van der Waals surface area contributed by atoms with Crippen LogP contribution in [0.2, 0.25) is 0 Å². The van der Waals surface area contributed by atoms with Crippen molar-refractivity contribution >= 4 is 0 Å². The molecule has 3 aliphatic carbocycles. The molecule has 0 aliphatic heterocycles. The molecule has 0 bridgehead atoms. The Kier molecular flexibility index (Phi) is 8.35. The molecule has 0 heterocycles. The number of halogens is 12. The summed E-state index contributed by atoms with van der Waals surface area (Å²) in [5.74, 6) is -14.7. The van der Waals surface area contributed by atoms with Gasteiger partial charge in [-0.2, -0.15) is 22.0 Å². The molecule has 1 aromatic rings. The molecule has 7 unspecified atom stereocenters. The maximum Gasteiger partial charge on any atom is 0.422 e. The summed E-state index contributed by atoms with van der Waals surface area (Å²) < 4.78 is 173. The van der Waals surface area contributed by atoms with Crippen LogP contribution in [-0.2, 0) is 6.18 Å². The zero-order valence-corrected chi connectivity index (χ0v) is 20.8. The van der Waals surface area contributed by atoms with Gasteiger partial charge >= 0.3 is 12.3 Å². The average Bonchev–Trinajstić information content (AvgIpc) is 2.76. The van der Waals surface area contributed by atoms with E-state index in [2.05, 4.69) is 4.74 Å². The van der Waals surface area contributed by atoms with E-state index in [0.29, 0.717) is 25.0 Å². The minimum Gasteiger partial charge on any atom is -0.432 e. The Labute approximate surface area is 221 Å². The maximum atomic E-state index is 15.1. The Hall–Kier alpha value is -2.60. The molecular weight excluding hydrogens is 568 g/mol. The summed E-state index contributed by atoms with van der Waals surface area (Å²) in [5.41, 5.74) is -2.95. The molecule has 0 N–H and O–H groups in total. The highest BCUT2D eigenvalue weighted by atomic mass is 19.4. The number of allylic oxidation sites excluding steroid dienone is 5. The van der Waals surface area contributed by atoms with Crippen molar-refractivity contribution in [1.29, 1.82) is 0 Å². The fraction of sp³-hybridized carbons (Fsp3) is 0.556. The first kappa shape index (κ1) is 30.4. The Balaban J connectivity index is 1.50. The number of benzene rings is 1. The lowest BCUT2D eigenvalue weighted by molar-refractivity contribution is -0.219. The number of alkyl halides is 8. The lowest BCUT2D eigenvalue weighted by atomic mass is 9.68. The standard InChI is InChI=1S/C27H24F12O/c1-11-2-3-15(16(28)4-11)12-5-17(29)23(18(30)6-12)13-7-19(31)25(20(32)8-13)27(38,39)40-14-9-21(33)24(22(34)10-14)26(35,36)37/h4,7-12,15,17-19,23,25H,2-3,5-6H2,1H3/t11?,12?,15?,17-,18?,19?,23?,25?/m0/s1. The summed E-state index contributed by atoms with van der Waals surface area (Å²) in [6.07, 6.45) is -14.9. The van der Waals surface area contributed by atoms with E-state index in [1.54, 1.807) is 6.92 Å². The summed E-state index contributed by atoms with van der Waals surface area (Å²) >= 11 is 0. The monoisotopic (exact) mass is 592 g/mol. The van der Waals surface area contributed by atoms with Gasteiger partial charge in [0.15, 0.2) is 0 Å². The van der Waals surface area contributed by atoms with E-state index < -0.39 is 94.6 Å². The molecule has 222 valence electrons. The molecule has 3 aliphatic rings. The lowest BCUT2D eigenvalue weighted by Gasteiger charge is -2.40. The molecule has 1 aromatic carbocycles. The van der Waals surface area contributed by atoms with Gasteiger partial charge < -0.3 is 4.74 Å². The van der Waals surface area contributed by atoms with Crippen LogP contribution < -0.4 is 4.74 Å². The van der Waals surface area contributed by atoms with Gasteiger partial charge in [0, 0.05) is 24.0 Å². The number of ether oxygens (including phenoxy) is 1. The van der Waals surface area contributed by atoms with Gasteiger partial charge in [0.2, 0.25) is 0 Å². The summed E-state index contributed by atoms with van der Waals surface area (Å²) in [4.78, 5) is 0. The van der Waals surface area contributed by atoms with Crippen molar-refractivity contribution in [1.82, 2.24) is 0 Å². The largest absolute Gasteiger partial charge is 0.432 e. The van der Waals surface area contributed by atoms with Crippen LogP contribution in [0.15, 0.2) is 47.6 Å². The third-order valence-electron chi connectivity index (χ3n) is 7.71. The second kappa shape index (κ2) is 11.0. The molecule has 13 heteroatoms. The molecular formula is C27H24F12O. The molecule has 0 amide bonds. The highest BCUT2D eigenvalue weighted by Gasteiger charge is 2.53. The molecule has 40 heavy (non-hydrogen) atoms. The smallest absolute Gasteiger partial charge is 0.422 e. The van der Waals surface area contributed by atoms with Crippen molar-refractivity contribution in [2.75, 3.05) is 0 Å². The van der Waals surface area contributed by atoms with E-state index in [9.17, 15) is 43.9 Å². The SMILES string of the molecule is CC1C=C(F)C(C2CC(F)C(C3=CC(F)C(C(F)(F)Oc4cc(F)c(C(F)(F)F)c(F)c4)C(F)=C3)[C@@H](F)C2)CC1. The van der Waals surface area contributed by atoms with Crippen LogP contribution in [0.4, 0.5) is 52.7 Å². The fourth-order valence-corrected chi connectivity index (χ4v) is 5.84. The minimum atomic E-state index is -5.50. The molecule has 0 radical (unpaired) electrons. The Morgan fingerprint density at radius 1 is 0.800 bits per heavy atom. The first-order valence-corrected chi connectivity index (χ1v) is 12.5. The minimum absolute atomic E-state index is 0.0238. The lowest BCUT2D eigenvalue weighted by Crippen LogP contribution is -2.44. The predicted molar refractivity (Wildman–Crippen MR) is 120 cm³/mol. The van der Waals surface area contributed by atoms with E-state index >= 15 is 8.78 Å². The van der Waals surface area contributed by atoms with Crippen LogP contribution in [-0.4, -0.2) is 24.6 Å². The molecule has 1 fully saturated rings. The molecule has 1 nitrogen and oxygen atoms in total. The van der Waals surface area contributed by atoms with Crippen LogP contribution in [0.3, 0.4) is 0 Å². The second-order valence-corrected chi connectivity index (χ2v) is 10.5. The quantitative estimate of drug-likeness (QED) is 0.310. The third kappa shape index (κ3) is 6.02. The molecule has 0 spiro atoms. The van der Waals surface area contributed by atoms with Crippen molar-refractivity contribution in [2.45, 2.75) is 63.4 Å². The van der Waals surface area contributed by atoms with Crippen molar-refractivity contribution in [2.24, 2.45) is 29.6 Å². The predicted octanol–water partition coefficient (Wildman–Crippen LogP) is 9.30. The van der Waals surface area contributed by atoms with Crippen LogP contribution in [0.25, 0.3) is 0 Å². The summed E-state index contributed by atoms with van der Waals surface area (Å²) in [6, 6.07) is -0.437. The zero-order valence-electron chi connectivity index (χ0n) is 20.8. The van der Waals surface area contributed by atoms with E-state index in [4.69, 9.17) is 0 Å². The van der Waals surface area contributed by atoms with Gasteiger partial charge in [-0.15, -0.1) is 0 Å².